The average molecular weight is 237 g/mol. The standard InChI is InChI=1S/C8H7N5S2/c9-7(10)5-1-2-11-6(3-5)15-8-13-12-4-14-8/h1-4H,(H3,9,10). The zero-order valence-electron chi connectivity index (χ0n) is 7.54. The van der Waals surface area contributed by atoms with E-state index in [1.807, 2.05) is 0 Å². The van der Waals surface area contributed by atoms with E-state index >= 15 is 0 Å². The molecule has 0 amide bonds. The Morgan fingerprint density at radius 1 is 1.53 bits per heavy atom. The minimum Gasteiger partial charge on any atom is -0.384 e. The number of aromatic nitrogens is 3. The molecule has 2 heterocycles. The van der Waals surface area contributed by atoms with Crippen LogP contribution in [-0.4, -0.2) is 21.0 Å². The Morgan fingerprint density at radius 2 is 2.40 bits per heavy atom. The SMILES string of the molecule is N=C(N)c1ccnc(Sc2nncs2)c1. The Hall–Kier alpha value is -1.47. The van der Waals surface area contributed by atoms with E-state index in [0.717, 1.165) is 9.37 Å². The zero-order valence-corrected chi connectivity index (χ0v) is 9.18. The van der Waals surface area contributed by atoms with Gasteiger partial charge >= 0.3 is 0 Å². The van der Waals surface area contributed by atoms with Gasteiger partial charge in [-0.25, -0.2) is 4.98 Å². The minimum absolute atomic E-state index is 0.0384. The molecule has 0 radical (unpaired) electrons. The Balaban J connectivity index is 2.22. The van der Waals surface area contributed by atoms with Crippen molar-refractivity contribution in [3.8, 4) is 0 Å². The number of pyridine rings is 1. The van der Waals surface area contributed by atoms with Crippen LogP contribution < -0.4 is 5.73 Å². The molecule has 76 valence electrons. The second-order valence-corrected chi connectivity index (χ2v) is 4.70. The molecule has 0 aliphatic heterocycles. The van der Waals surface area contributed by atoms with Gasteiger partial charge in [0.1, 0.15) is 16.4 Å². The quantitative estimate of drug-likeness (QED) is 0.621. The van der Waals surface area contributed by atoms with Crippen LogP contribution in [0.3, 0.4) is 0 Å². The van der Waals surface area contributed by atoms with Gasteiger partial charge in [0.2, 0.25) is 0 Å². The Morgan fingerprint density at radius 3 is 3.07 bits per heavy atom. The number of nitrogens with one attached hydrogen (secondary N) is 1. The Kier molecular flexibility index (Phi) is 2.93. The van der Waals surface area contributed by atoms with Gasteiger partial charge in [-0.3, -0.25) is 5.41 Å². The first-order valence-electron chi connectivity index (χ1n) is 4.00. The molecule has 0 atom stereocenters. The van der Waals surface area contributed by atoms with Crippen molar-refractivity contribution in [2.24, 2.45) is 5.73 Å². The fraction of sp³-hybridized carbons (Fsp3) is 0. The average Bonchev–Trinajstić information content (AvgIpc) is 2.71. The third kappa shape index (κ3) is 2.51. The minimum atomic E-state index is 0.0384. The highest BCUT2D eigenvalue weighted by Gasteiger charge is 2.04. The van der Waals surface area contributed by atoms with E-state index in [-0.39, 0.29) is 5.84 Å². The molecule has 0 aromatic carbocycles. The summed E-state index contributed by atoms with van der Waals surface area (Å²) in [6, 6.07) is 3.46. The van der Waals surface area contributed by atoms with Crippen molar-refractivity contribution in [1.29, 1.82) is 5.41 Å². The van der Waals surface area contributed by atoms with Crippen molar-refractivity contribution in [2.45, 2.75) is 9.37 Å². The van der Waals surface area contributed by atoms with E-state index in [2.05, 4.69) is 15.2 Å². The first kappa shape index (κ1) is 10.1. The lowest BCUT2D eigenvalue weighted by Crippen LogP contribution is -2.10. The molecule has 0 saturated carbocycles. The highest BCUT2D eigenvalue weighted by atomic mass is 32.2. The van der Waals surface area contributed by atoms with E-state index in [9.17, 15) is 0 Å². The molecule has 2 aromatic heterocycles. The maximum absolute atomic E-state index is 7.30. The second kappa shape index (κ2) is 4.37. The Bertz CT molecular complexity index is 468. The largest absolute Gasteiger partial charge is 0.384 e. The van der Waals surface area contributed by atoms with Crippen molar-refractivity contribution < 1.29 is 0 Å². The second-order valence-electron chi connectivity index (χ2n) is 2.60. The summed E-state index contributed by atoms with van der Waals surface area (Å²) in [5, 5.41) is 15.7. The lowest BCUT2D eigenvalue weighted by molar-refractivity contribution is 1.01. The number of nitrogen functional groups attached to an aromatic ring is 1. The van der Waals surface area contributed by atoms with Gasteiger partial charge in [-0.2, -0.15) is 0 Å². The van der Waals surface area contributed by atoms with Gasteiger partial charge in [0.05, 0.1) is 0 Å². The summed E-state index contributed by atoms with van der Waals surface area (Å²) < 4.78 is 0.822. The molecule has 0 unspecified atom stereocenters. The van der Waals surface area contributed by atoms with Crippen LogP contribution >= 0.6 is 23.1 Å². The fourth-order valence-electron chi connectivity index (χ4n) is 0.930. The maximum Gasteiger partial charge on any atom is 0.180 e. The summed E-state index contributed by atoms with van der Waals surface area (Å²) >= 11 is 2.86. The van der Waals surface area contributed by atoms with Gasteiger partial charge in [-0.1, -0.05) is 11.3 Å². The van der Waals surface area contributed by atoms with Crippen LogP contribution in [0.25, 0.3) is 0 Å². The molecular weight excluding hydrogens is 230 g/mol. The molecular formula is C8H7N5S2. The van der Waals surface area contributed by atoms with Crippen LogP contribution in [0.1, 0.15) is 5.56 Å². The van der Waals surface area contributed by atoms with E-state index in [4.69, 9.17) is 11.1 Å². The number of hydrogen-bond donors (Lipinski definition) is 2. The zero-order chi connectivity index (χ0) is 10.7. The molecule has 5 nitrogen and oxygen atoms in total. The van der Waals surface area contributed by atoms with Crippen molar-refractivity contribution in [1.82, 2.24) is 15.2 Å². The van der Waals surface area contributed by atoms with Gasteiger partial charge in [0.15, 0.2) is 4.34 Å². The fourth-order valence-corrected chi connectivity index (χ4v) is 2.35. The maximum atomic E-state index is 7.30. The van der Waals surface area contributed by atoms with E-state index in [0.29, 0.717) is 5.56 Å². The molecule has 0 aliphatic carbocycles. The lowest BCUT2D eigenvalue weighted by Gasteiger charge is -1.99. The van der Waals surface area contributed by atoms with Crippen LogP contribution in [-0.2, 0) is 0 Å². The van der Waals surface area contributed by atoms with Crippen molar-refractivity contribution in [3.05, 3.63) is 29.4 Å². The molecule has 2 aromatic rings. The van der Waals surface area contributed by atoms with Crippen LogP contribution in [0.15, 0.2) is 33.2 Å². The number of nitrogens with two attached hydrogens (primary N) is 1. The van der Waals surface area contributed by atoms with E-state index in [1.54, 1.807) is 23.8 Å². The van der Waals surface area contributed by atoms with Gasteiger partial charge in [0, 0.05) is 11.8 Å². The third-order valence-electron chi connectivity index (χ3n) is 1.58. The number of hydrogen-bond acceptors (Lipinski definition) is 6. The summed E-state index contributed by atoms with van der Waals surface area (Å²) in [6.07, 6.45) is 1.63. The predicted octanol–water partition coefficient (Wildman–Crippen LogP) is 1.37. The highest BCUT2D eigenvalue weighted by molar-refractivity contribution is 8.00. The van der Waals surface area contributed by atoms with Gasteiger partial charge in [0.25, 0.3) is 0 Å². The molecule has 2 rings (SSSR count). The number of rotatable bonds is 3. The normalized spacial score (nSPS) is 10.1. The molecule has 7 heteroatoms. The van der Waals surface area contributed by atoms with E-state index in [1.165, 1.54) is 23.1 Å². The summed E-state index contributed by atoms with van der Waals surface area (Å²) in [5.74, 6) is 0.0384. The first-order valence-corrected chi connectivity index (χ1v) is 5.70. The summed E-state index contributed by atoms with van der Waals surface area (Å²) in [5.41, 5.74) is 7.70. The van der Waals surface area contributed by atoms with Crippen LogP contribution in [0.5, 0.6) is 0 Å². The lowest BCUT2D eigenvalue weighted by atomic mass is 10.2. The van der Waals surface area contributed by atoms with Gasteiger partial charge < -0.3 is 5.73 Å². The first-order chi connectivity index (χ1) is 7.25. The number of amidine groups is 1. The number of nitrogens with zero attached hydrogens (tertiary/aromatic N) is 3. The monoisotopic (exact) mass is 237 g/mol. The van der Waals surface area contributed by atoms with E-state index < -0.39 is 0 Å². The molecule has 15 heavy (non-hydrogen) atoms. The van der Waals surface area contributed by atoms with Crippen molar-refractivity contribution in [2.75, 3.05) is 0 Å². The Labute approximate surface area is 94.3 Å². The molecule has 0 bridgehead atoms. The summed E-state index contributed by atoms with van der Waals surface area (Å²) in [4.78, 5) is 4.15. The summed E-state index contributed by atoms with van der Waals surface area (Å²) in [7, 11) is 0. The van der Waals surface area contributed by atoms with Crippen molar-refractivity contribution >= 4 is 28.9 Å². The topological polar surface area (TPSA) is 88.5 Å². The van der Waals surface area contributed by atoms with Crippen LogP contribution in [0.4, 0.5) is 0 Å². The molecule has 3 N–H and O–H groups in total. The summed E-state index contributed by atoms with van der Waals surface area (Å²) in [6.45, 7) is 0. The molecule has 0 aliphatic rings. The third-order valence-corrected chi connectivity index (χ3v) is 3.29. The van der Waals surface area contributed by atoms with Crippen LogP contribution in [0, 0.1) is 5.41 Å². The molecule has 0 spiro atoms. The van der Waals surface area contributed by atoms with Crippen molar-refractivity contribution in [3.63, 3.8) is 0 Å². The smallest absolute Gasteiger partial charge is 0.180 e. The molecule has 0 fully saturated rings. The molecule has 0 saturated heterocycles. The van der Waals surface area contributed by atoms with Gasteiger partial charge in [-0.05, 0) is 23.9 Å². The predicted molar refractivity (Wildman–Crippen MR) is 59.3 cm³/mol. The van der Waals surface area contributed by atoms with Crippen LogP contribution in [0.2, 0.25) is 0 Å². The highest BCUT2D eigenvalue weighted by Crippen LogP contribution is 2.26. The van der Waals surface area contributed by atoms with Gasteiger partial charge in [-0.15, -0.1) is 10.2 Å².